The van der Waals surface area contributed by atoms with Crippen molar-refractivity contribution in [3.05, 3.63) is 35.5 Å². The van der Waals surface area contributed by atoms with Crippen molar-refractivity contribution in [2.75, 3.05) is 19.3 Å². The molecule has 0 radical (unpaired) electrons. The molecule has 2 amide bonds. The van der Waals surface area contributed by atoms with E-state index in [1.54, 1.807) is 0 Å². The molecule has 3 atom stereocenters. The Labute approximate surface area is 234 Å². The summed E-state index contributed by atoms with van der Waals surface area (Å²) in [5.74, 6) is -2.09. The Morgan fingerprint density at radius 3 is 2.50 bits per heavy atom. The molecule has 0 bridgehead atoms. The number of aromatic nitrogens is 1. The minimum Gasteiger partial charge on any atom is -0.480 e. The number of benzene rings is 1. The van der Waals surface area contributed by atoms with E-state index in [9.17, 15) is 27.9 Å². The van der Waals surface area contributed by atoms with Crippen molar-refractivity contribution < 1.29 is 27.9 Å². The topological polar surface area (TPSA) is 179 Å². The molecule has 2 saturated heterocycles. The van der Waals surface area contributed by atoms with Gasteiger partial charge in [-0.2, -0.15) is 0 Å². The summed E-state index contributed by atoms with van der Waals surface area (Å²) < 4.78 is 27.3. The molecular weight excluding hydrogens is 536 g/mol. The Balaban J connectivity index is 1.44. The normalized spacial score (nSPS) is 20.2. The molecule has 2 fully saturated rings. The number of rotatable bonds is 11. The number of aliphatic carboxylic acids is 1. The first-order chi connectivity index (χ1) is 18.9. The van der Waals surface area contributed by atoms with Crippen LogP contribution < -0.4 is 10.5 Å². The first-order valence-electron chi connectivity index (χ1n) is 13.7. The SMILES string of the molecule is CCn1c(CC[C@@H]2CCCN2C(=O)[C@H]2CCCN2C(=O)C[C@H](NS(C)(=O)=O)C(=O)O)cc2ccc(C(=N)N)cc21. The molecule has 5 N–H and O–H groups in total. The summed E-state index contributed by atoms with van der Waals surface area (Å²) in [5, 5.41) is 18.2. The fourth-order valence-corrected chi connectivity index (χ4v) is 6.74. The number of carboxylic acids is 1. The molecule has 4 rings (SSSR count). The van der Waals surface area contributed by atoms with E-state index in [2.05, 4.69) is 17.6 Å². The first kappa shape index (κ1) is 29.5. The van der Waals surface area contributed by atoms with Crippen LogP contribution >= 0.6 is 0 Å². The van der Waals surface area contributed by atoms with Crippen LogP contribution in [0.4, 0.5) is 0 Å². The summed E-state index contributed by atoms with van der Waals surface area (Å²) in [5.41, 5.74) is 8.54. The lowest BCUT2D eigenvalue weighted by Crippen LogP contribution is -2.51. The van der Waals surface area contributed by atoms with Gasteiger partial charge >= 0.3 is 5.97 Å². The minimum absolute atomic E-state index is 0.0250. The van der Waals surface area contributed by atoms with Gasteiger partial charge in [-0.3, -0.25) is 19.8 Å². The minimum atomic E-state index is -3.83. The van der Waals surface area contributed by atoms with Crippen LogP contribution in [0.5, 0.6) is 0 Å². The van der Waals surface area contributed by atoms with Crippen LogP contribution in [0.2, 0.25) is 0 Å². The number of nitrogens with one attached hydrogen (secondary N) is 2. The standard InChI is InChI=1S/C27H38N6O6S/c1-3-31-20(14-17-8-9-18(25(28)29)15-23(17)31)11-10-19-6-4-12-32(19)26(35)22-7-5-13-33(22)24(34)16-21(27(36)37)30-40(2,38)39/h8-9,14-15,19,21-22,30H,3-7,10-13,16H2,1-2H3,(H3,28,29)(H,36,37)/t19-,21-,22+/m0/s1. The summed E-state index contributed by atoms with van der Waals surface area (Å²) in [4.78, 5) is 41.5. The Morgan fingerprint density at radius 1 is 1.15 bits per heavy atom. The molecular formula is C27H38N6O6S. The zero-order valence-corrected chi connectivity index (χ0v) is 23.7. The van der Waals surface area contributed by atoms with Crippen LogP contribution in [0.25, 0.3) is 10.9 Å². The summed E-state index contributed by atoms with van der Waals surface area (Å²) in [6, 6.07) is 5.66. The van der Waals surface area contributed by atoms with Crippen molar-refractivity contribution >= 4 is 44.5 Å². The highest BCUT2D eigenvalue weighted by atomic mass is 32.2. The molecule has 12 nitrogen and oxygen atoms in total. The molecule has 2 aliphatic heterocycles. The first-order valence-corrected chi connectivity index (χ1v) is 15.5. The molecule has 40 heavy (non-hydrogen) atoms. The Kier molecular flexibility index (Phi) is 8.83. The number of amidine groups is 1. The number of sulfonamides is 1. The van der Waals surface area contributed by atoms with E-state index in [-0.39, 0.29) is 17.8 Å². The number of fused-ring (bicyclic) bond motifs is 1. The molecule has 0 spiro atoms. The van der Waals surface area contributed by atoms with Gasteiger partial charge in [-0.25, -0.2) is 13.1 Å². The predicted octanol–water partition coefficient (Wildman–Crippen LogP) is 1.25. The summed E-state index contributed by atoms with van der Waals surface area (Å²) in [6.45, 7) is 3.77. The third-order valence-corrected chi connectivity index (χ3v) is 8.62. The van der Waals surface area contributed by atoms with Crippen LogP contribution in [-0.2, 0) is 37.4 Å². The fourth-order valence-electron chi connectivity index (χ4n) is 6.04. The number of aryl methyl sites for hydroxylation is 2. The number of carbonyl (C=O) groups is 3. The number of nitrogens with zero attached hydrogens (tertiary/aromatic N) is 3. The average Bonchev–Trinajstić information content (AvgIpc) is 3.63. The van der Waals surface area contributed by atoms with Gasteiger partial charge < -0.3 is 25.2 Å². The van der Waals surface area contributed by atoms with Gasteiger partial charge in [0.2, 0.25) is 21.8 Å². The van der Waals surface area contributed by atoms with Gasteiger partial charge in [0.25, 0.3) is 0 Å². The molecule has 218 valence electrons. The van der Waals surface area contributed by atoms with E-state index in [1.807, 2.05) is 27.8 Å². The highest BCUT2D eigenvalue weighted by molar-refractivity contribution is 7.88. The molecule has 3 heterocycles. The Morgan fingerprint density at radius 2 is 1.85 bits per heavy atom. The van der Waals surface area contributed by atoms with Crippen molar-refractivity contribution in [1.29, 1.82) is 5.41 Å². The van der Waals surface area contributed by atoms with Gasteiger partial charge in [-0.05, 0) is 63.0 Å². The molecule has 0 aliphatic carbocycles. The van der Waals surface area contributed by atoms with E-state index >= 15 is 0 Å². The van der Waals surface area contributed by atoms with Gasteiger partial charge in [-0.1, -0.05) is 12.1 Å². The second-order valence-electron chi connectivity index (χ2n) is 10.7. The Hall–Kier alpha value is -3.45. The van der Waals surface area contributed by atoms with Gasteiger partial charge in [0.05, 0.1) is 12.7 Å². The lowest BCUT2D eigenvalue weighted by molar-refractivity contribution is -0.146. The number of nitrogen functional groups attached to an aromatic ring is 1. The fraction of sp³-hybridized carbons (Fsp3) is 0.556. The lowest BCUT2D eigenvalue weighted by Gasteiger charge is -2.32. The van der Waals surface area contributed by atoms with E-state index in [4.69, 9.17) is 11.1 Å². The largest absolute Gasteiger partial charge is 0.480 e. The lowest BCUT2D eigenvalue weighted by atomic mass is 10.1. The van der Waals surface area contributed by atoms with Crippen LogP contribution in [0.1, 0.15) is 56.7 Å². The van der Waals surface area contributed by atoms with Crippen molar-refractivity contribution in [3.63, 3.8) is 0 Å². The van der Waals surface area contributed by atoms with Gasteiger partial charge in [0, 0.05) is 42.5 Å². The van der Waals surface area contributed by atoms with Crippen molar-refractivity contribution in [3.8, 4) is 0 Å². The summed E-state index contributed by atoms with van der Waals surface area (Å²) in [6.07, 6.45) is 4.67. The van der Waals surface area contributed by atoms with Gasteiger partial charge in [0.1, 0.15) is 17.9 Å². The number of carboxylic acid groups (broad SMARTS) is 1. The van der Waals surface area contributed by atoms with E-state index in [1.165, 1.54) is 4.90 Å². The number of amides is 2. The van der Waals surface area contributed by atoms with Crippen LogP contribution in [0, 0.1) is 5.41 Å². The molecule has 2 aromatic rings. The molecule has 2 aliphatic rings. The summed E-state index contributed by atoms with van der Waals surface area (Å²) >= 11 is 0. The highest BCUT2D eigenvalue weighted by Crippen LogP contribution is 2.29. The van der Waals surface area contributed by atoms with Crippen molar-refractivity contribution in [1.82, 2.24) is 19.1 Å². The predicted molar refractivity (Wildman–Crippen MR) is 150 cm³/mol. The van der Waals surface area contributed by atoms with Crippen LogP contribution in [0.3, 0.4) is 0 Å². The number of hydrogen-bond acceptors (Lipinski definition) is 6. The van der Waals surface area contributed by atoms with Gasteiger partial charge in [0.15, 0.2) is 0 Å². The molecule has 13 heteroatoms. The Bertz CT molecular complexity index is 1420. The van der Waals surface area contributed by atoms with E-state index < -0.39 is 40.4 Å². The smallest absolute Gasteiger partial charge is 0.322 e. The molecule has 0 unspecified atom stereocenters. The maximum atomic E-state index is 13.7. The number of likely N-dealkylation sites (tertiary alicyclic amines) is 2. The van der Waals surface area contributed by atoms with Crippen molar-refractivity contribution in [2.45, 2.75) is 76.5 Å². The average molecular weight is 575 g/mol. The van der Waals surface area contributed by atoms with Gasteiger partial charge in [-0.15, -0.1) is 0 Å². The second kappa shape index (κ2) is 12.0. The highest BCUT2D eigenvalue weighted by Gasteiger charge is 2.41. The zero-order chi connectivity index (χ0) is 29.2. The maximum absolute atomic E-state index is 13.7. The number of nitrogens with two attached hydrogens (primary N) is 1. The van der Waals surface area contributed by atoms with Crippen LogP contribution in [0.15, 0.2) is 24.3 Å². The number of hydrogen-bond donors (Lipinski definition) is 4. The molecule has 0 saturated carbocycles. The molecule has 1 aromatic carbocycles. The molecule has 1 aromatic heterocycles. The van der Waals surface area contributed by atoms with E-state index in [0.717, 1.165) is 55.1 Å². The third kappa shape index (κ3) is 6.47. The maximum Gasteiger partial charge on any atom is 0.322 e. The summed E-state index contributed by atoms with van der Waals surface area (Å²) in [7, 11) is -3.83. The van der Waals surface area contributed by atoms with Crippen LogP contribution in [-0.4, -0.2) is 89.0 Å². The van der Waals surface area contributed by atoms with E-state index in [0.29, 0.717) is 31.5 Å². The zero-order valence-electron chi connectivity index (χ0n) is 22.9. The monoisotopic (exact) mass is 574 g/mol. The third-order valence-electron chi connectivity index (χ3n) is 7.90. The number of carbonyl (C=O) groups excluding carboxylic acids is 2. The quantitative estimate of drug-likeness (QED) is 0.230. The van der Waals surface area contributed by atoms with Crippen molar-refractivity contribution in [2.24, 2.45) is 5.73 Å². The second-order valence-corrected chi connectivity index (χ2v) is 12.4.